The molecule has 0 aliphatic rings. The van der Waals surface area contributed by atoms with Gasteiger partial charge in [-0.15, -0.1) is 0 Å². The molecule has 0 atom stereocenters. The van der Waals surface area contributed by atoms with Crippen LogP contribution < -0.4 is 16.4 Å². The van der Waals surface area contributed by atoms with E-state index < -0.39 is 0 Å². The first-order valence-corrected chi connectivity index (χ1v) is 4.04. The maximum absolute atomic E-state index is 5.27. The van der Waals surface area contributed by atoms with Gasteiger partial charge >= 0.3 is 0 Å². The van der Waals surface area contributed by atoms with Gasteiger partial charge in [0, 0.05) is 12.4 Å². The molecule has 0 amide bonds. The molecule has 0 aliphatic heterocycles. The highest BCUT2D eigenvalue weighted by molar-refractivity contribution is 5.45. The summed E-state index contributed by atoms with van der Waals surface area (Å²) in [5.41, 5.74) is 7.65. The van der Waals surface area contributed by atoms with E-state index in [4.69, 9.17) is 5.73 Å². The lowest BCUT2D eigenvalue weighted by Crippen LogP contribution is -2.27. The monoisotopic (exact) mass is 165 g/mol. The van der Waals surface area contributed by atoms with Crippen molar-refractivity contribution in [1.82, 2.24) is 5.32 Å². The first kappa shape index (κ1) is 9.03. The number of aryl methyl sites for hydroxylation is 1. The smallest absolute Gasteiger partial charge is 0.0662 e. The fourth-order valence-corrected chi connectivity index (χ4v) is 0.992. The molecule has 0 fully saturated rings. The Hall–Kier alpha value is -1.06. The van der Waals surface area contributed by atoms with Crippen molar-refractivity contribution in [3.05, 3.63) is 29.8 Å². The summed E-state index contributed by atoms with van der Waals surface area (Å²) in [6.45, 7) is 3.28. The molecule has 1 rings (SSSR count). The van der Waals surface area contributed by atoms with Crippen molar-refractivity contribution < 1.29 is 0 Å². The van der Waals surface area contributed by atoms with Crippen molar-refractivity contribution in [3.8, 4) is 0 Å². The van der Waals surface area contributed by atoms with E-state index in [1.165, 1.54) is 5.56 Å². The van der Waals surface area contributed by atoms with Gasteiger partial charge in [0.2, 0.25) is 0 Å². The van der Waals surface area contributed by atoms with E-state index in [9.17, 15) is 0 Å². The number of hydrogen-bond acceptors (Lipinski definition) is 3. The molecule has 0 unspecified atom stereocenters. The second-order valence-corrected chi connectivity index (χ2v) is 2.68. The molecule has 66 valence electrons. The summed E-state index contributed by atoms with van der Waals surface area (Å²) >= 11 is 0. The van der Waals surface area contributed by atoms with Crippen molar-refractivity contribution >= 4 is 5.69 Å². The quantitative estimate of drug-likeness (QED) is 0.458. The number of nitrogens with two attached hydrogens (primary N) is 1. The lowest BCUT2D eigenvalue weighted by molar-refractivity contribution is 0.750. The minimum atomic E-state index is 0.499. The third kappa shape index (κ3) is 2.90. The molecule has 3 nitrogen and oxygen atoms in total. The van der Waals surface area contributed by atoms with Gasteiger partial charge in [0.25, 0.3) is 0 Å². The molecular weight excluding hydrogens is 150 g/mol. The third-order valence-electron chi connectivity index (χ3n) is 1.58. The van der Waals surface area contributed by atoms with Gasteiger partial charge in [-0.3, -0.25) is 5.32 Å². The van der Waals surface area contributed by atoms with Crippen LogP contribution >= 0.6 is 0 Å². The van der Waals surface area contributed by atoms with E-state index >= 15 is 0 Å². The number of benzene rings is 1. The van der Waals surface area contributed by atoms with Gasteiger partial charge in [-0.2, -0.15) is 0 Å². The largest absolute Gasteiger partial charge is 0.372 e. The molecule has 0 radical (unpaired) electrons. The van der Waals surface area contributed by atoms with Crippen molar-refractivity contribution in [2.45, 2.75) is 6.92 Å². The van der Waals surface area contributed by atoms with Crippen LogP contribution in [0.15, 0.2) is 24.3 Å². The van der Waals surface area contributed by atoms with Crippen LogP contribution in [0.3, 0.4) is 0 Å². The number of rotatable bonds is 4. The summed E-state index contributed by atoms with van der Waals surface area (Å²) in [5.74, 6) is 0. The summed E-state index contributed by atoms with van der Waals surface area (Å²) < 4.78 is 0. The Morgan fingerprint density at radius 1 is 1.42 bits per heavy atom. The van der Waals surface area contributed by atoms with E-state index in [1.807, 2.05) is 12.1 Å². The molecule has 0 bridgehead atoms. The lowest BCUT2D eigenvalue weighted by Gasteiger charge is -2.06. The molecule has 1 aromatic carbocycles. The second-order valence-electron chi connectivity index (χ2n) is 2.68. The van der Waals surface area contributed by atoms with Crippen LogP contribution in [0.4, 0.5) is 5.69 Å². The van der Waals surface area contributed by atoms with Crippen LogP contribution in [-0.4, -0.2) is 13.3 Å². The highest BCUT2D eigenvalue weighted by Gasteiger charge is 1.89. The molecule has 0 saturated carbocycles. The average molecular weight is 165 g/mol. The Bertz CT molecular complexity index is 235. The average Bonchev–Trinajstić information content (AvgIpc) is 2.05. The molecule has 0 aromatic heterocycles. The molecule has 0 spiro atoms. The Balaban J connectivity index is 2.41. The first-order chi connectivity index (χ1) is 5.83. The Morgan fingerprint density at radius 2 is 2.25 bits per heavy atom. The third-order valence-corrected chi connectivity index (χ3v) is 1.58. The van der Waals surface area contributed by atoms with E-state index in [2.05, 4.69) is 29.7 Å². The number of hydrogen-bond donors (Lipinski definition) is 3. The van der Waals surface area contributed by atoms with Crippen molar-refractivity contribution in [2.75, 3.05) is 18.7 Å². The fraction of sp³-hybridized carbons (Fsp3) is 0.333. The summed E-state index contributed by atoms with van der Waals surface area (Å²) in [6.07, 6.45) is 0. The van der Waals surface area contributed by atoms with Gasteiger partial charge in [-0.25, -0.2) is 0 Å². The van der Waals surface area contributed by atoms with E-state index in [1.54, 1.807) is 0 Å². The molecule has 12 heavy (non-hydrogen) atoms. The SMILES string of the molecule is Cc1cccc(NCNCN)c1. The minimum absolute atomic E-state index is 0.499. The van der Waals surface area contributed by atoms with Crippen LogP contribution in [0.25, 0.3) is 0 Å². The minimum Gasteiger partial charge on any atom is -0.372 e. The topological polar surface area (TPSA) is 50.1 Å². The van der Waals surface area contributed by atoms with Crippen LogP contribution in [-0.2, 0) is 0 Å². The van der Waals surface area contributed by atoms with Crippen molar-refractivity contribution in [2.24, 2.45) is 5.73 Å². The van der Waals surface area contributed by atoms with Gasteiger partial charge in [0.1, 0.15) is 0 Å². The summed E-state index contributed by atoms with van der Waals surface area (Å²) in [6, 6.07) is 8.23. The predicted octanol–water partition coefficient (Wildman–Crippen LogP) is 0.870. The van der Waals surface area contributed by atoms with Gasteiger partial charge in [0.15, 0.2) is 0 Å². The zero-order valence-corrected chi connectivity index (χ0v) is 7.30. The number of anilines is 1. The Kier molecular flexibility index (Phi) is 3.57. The summed E-state index contributed by atoms with van der Waals surface area (Å²) in [5, 5.41) is 6.18. The highest BCUT2D eigenvalue weighted by atomic mass is 15.1. The first-order valence-electron chi connectivity index (χ1n) is 4.04. The molecular formula is C9H15N3. The standard InChI is InChI=1S/C9H15N3/c1-8-3-2-4-9(5-8)12-7-11-6-10/h2-5,11-12H,6-7,10H2,1H3. The van der Waals surface area contributed by atoms with Crippen molar-refractivity contribution in [3.63, 3.8) is 0 Å². The second kappa shape index (κ2) is 4.74. The maximum atomic E-state index is 5.27. The van der Waals surface area contributed by atoms with Crippen LogP contribution in [0, 0.1) is 6.92 Å². The van der Waals surface area contributed by atoms with Crippen LogP contribution in [0.5, 0.6) is 0 Å². The molecule has 0 heterocycles. The van der Waals surface area contributed by atoms with E-state index in [0.717, 1.165) is 5.69 Å². The molecule has 4 N–H and O–H groups in total. The van der Waals surface area contributed by atoms with E-state index in [-0.39, 0.29) is 0 Å². The highest BCUT2D eigenvalue weighted by Crippen LogP contribution is 2.07. The van der Waals surface area contributed by atoms with Gasteiger partial charge < -0.3 is 11.1 Å². The molecule has 3 heteroatoms. The normalized spacial score (nSPS) is 9.83. The molecule has 0 aliphatic carbocycles. The van der Waals surface area contributed by atoms with Crippen molar-refractivity contribution in [1.29, 1.82) is 0 Å². The fourth-order valence-electron chi connectivity index (χ4n) is 0.992. The van der Waals surface area contributed by atoms with Crippen LogP contribution in [0.1, 0.15) is 5.56 Å². The van der Waals surface area contributed by atoms with Gasteiger partial charge in [-0.1, -0.05) is 12.1 Å². The summed E-state index contributed by atoms with van der Waals surface area (Å²) in [7, 11) is 0. The summed E-state index contributed by atoms with van der Waals surface area (Å²) in [4.78, 5) is 0. The van der Waals surface area contributed by atoms with Gasteiger partial charge in [-0.05, 0) is 24.6 Å². The Labute approximate surface area is 73.0 Å². The molecule has 0 saturated heterocycles. The van der Waals surface area contributed by atoms with E-state index in [0.29, 0.717) is 13.3 Å². The lowest BCUT2D eigenvalue weighted by atomic mass is 10.2. The molecule has 1 aromatic rings. The maximum Gasteiger partial charge on any atom is 0.0662 e. The zero-order valence-electron chi connectivity index (χ0n) is 7.30. The Morgan fingerprint density at radius 3 is 2.92 bits per heavy atom. The van der Waals surface area contributed by atoms with Crippen LogP contribution in [0.2, 0.25) is 0 Å². The zero-order chi connectivity index (χ0) is 8.81. The predicted molar refractivity (Wildman–Crippen MR) is 51.9 cm³/mol. The van der Waals surface area contributed by atoms with Gasteiger partial charge in [0.05, 0.1) is 6.67 Å². The number of nitrogens with one attached hydrogen (secondary N) is 2.